The summed E-state index contributed by atoms with van der Waals surface area (Å²) in [5.41, 5.74) is 0.592. The highest BCUT2D eigenvalue weighted by molar-refractivity contribution is 7.92. The second kappa shape index (κ2) is 8.27. The lowest BCUT2D eigenvalue weighted by atomic mass is 10.2. The summed E-state index contributed by atoms with van der Waals surface area (Å²) in [6, 6.07) is 17.6. The van der Waals surface area contributed by atoms with Crippen LogP contribution >= 0.6 is 0 Å². The highest BCUT2D eigenvalue weighted by Gasteiger charge is 2.24. The summed E-state index contributed by atoms with van der Waals surface area (Å²) in [7, 11) is -3.75. The molecular formula is C20H17FN2O5S. The quantitative estimate of drug-likeness (QED) is 0.419. The van der Waals surface area contributed by atoms with E-state index in [-0.39, 0.29) is 29.4 Å². The van der Waals surface area contributed by atoms with Gasteiger partial charge in [-0.25, -0.2) is 12.8 Å². The van der Waals surface area contributed by atoms with Crippen molar-refractivity contribution in [1.82, 2.24) is 0 Å². The second-order valence-corrected chi connectivity index (χ2v) is 8.13. The van der Waals surface area contributed by atoms with Crippen molar-refractivity contribution in [3.63, 3.8) is 0 Å². The summed E-state index contributed by atoms with van der Waals surface area (Å²) in [6.45, 7) is 0.0112. The Hall–Kier alpha value is -3.46. The molecule has 0 atom stereocenters. The topological polar surface area (TPSA) is 89.8 Å². The van der Waals surface area contributed by atoms with Crippen LogP contribution in [0.15, 0.2) is 72.8 Å². The van der Waals surface area contributed by atoms with Crippen molar-refractivity contribution in [1.29, 1.82) is 0 Å². The van der Waals surface area contributed by atoms with Crippen LogP contribution in [-0.2, 0) is 16.6 Å². The maximum absolute atomic E-state index is 13.2. The minimum atomic E-state index is -3.75. The zero-order valence-electron chi connectivity index (χ0n) is 15.4. The van der Waals surface area contributed by atoms with Gasteiger partial charge in [0, 0.05) is 6.07 Å². The smallest absolute Gasteiger partial charge is 0.273 e. The molecule has 0 radical (unpaired) electrons. The van der Waals surface area contributed by atoms with Gasteiger partial charge >= 0.3 is 0 Å². The van der Waals surface area contributed by atoms with E-state index in [1.54, 1.807) is 24.3 Å². The van der Waals surface area contributed by atoms with E-state index in [9.17, 15) is 22.9 Å². The summed E-state index contributed by atoms with van der Waals surface area (Å²) in [5, 5.41) is 11.2. The van der Waals surface area contributed by atoms with E-state index in [4.69, 9.17) is 4.74 Å². The van der Waals surface area contributed by atoms with E-state index in [2.05, 4.69) is 0 Å². The first-order valence-electron chi connectivity index (χ1n) is 8.47. The molecule has 0 aliphatic carbocycles. The largest absolute Gasteiger partial charge is 0.455 e. The molecule has 0 heterocycles. The van der Waals surface area contributed by atoms with Crippen LogP contribution in [0.2, 0.25) is 0 Å². The van der Waals surface area contributed by atoms with Crippen molar-refractivity contribution in [2.75, 3.05) is 10.6 Å². The average Bonchev–Trinajstić information content (AvgIpc) is 2.68. The maximum atomic E-state index is 13.2. The third-order valence-electron chi connectivity index (χ3n) is 4.03. The van der Waals surface area contributed by atoms with Gasteiger partial charge in [-0.05, 0) is 35.9 Å². The van der Waals surface area contributed by atoms with Gasteiger partial charge in [0.05, 0.1) is 29.5 Å². The second-order valence-electron chi connectivity index (χ2n) is 6.22. The summed E-state index contributed by atoms with van der Waals surface area (Å²) >= 11 is 0. The summed E-state index contributed by atoms with van der Waals surface area (Å²) in [6.07, 6.45) is 1.04. The van der Waals surface area contributed by atoms with Crippen molar-refractivity contribution in [2.24, 2.45) is 0 Å². The lowest BCUT2D eigenvalue weighted by Crippen LogP contribution is -2.29. The predicted octanol–water partition coefficient (Wildman–Crippen LogP) is 4.49. The first-order chi connectivity index (χ1) is 13.7. The van der Waals surface area contributed by atoms with Gasteiger partial charge in [-0.3, -0.25) is 14.4 Å². The number of non-ortho nitro benzene ring substituents is 1. The summed E-state index contributed by atoms with van der Waals surface area (Å²) < 4.78 is 44.9. The standard InChI is InChI=1S/C20H17FN2O5S/c1-29(26,27)22(14-15-5-3-2-4-6-15)19-12-9-17(23(24)25)13-20(19)28-18-10-7-16(21)8-11-18/h2-13H,14H2,1H3/i21-1. The molecule has 0 unspecified atom stereocenters. The zero-order valence-corrected chi connectivity index (χ0v) is 16.2. The average molecular weight is 415 g/mol. The minimum Gasteiger partial charge on any atom is -0.455 e. The van der Waals surface area contributed by atoms with E-state index >= 15 is 0 Å². The van der Waals surface area contributed by atoms with E-state index < -0.39 is 20.8 Å². The molecule has 0 spiro atoms. The maximum Gasteiger partial charge on any atom is 0.273 e. The molecule has 3 aromatic rings. The molecule has 29 heavy (non-hydrogen) atoms. The van der Waals surface area contributed by atoms with Crippen molar-refractivity contribution in [2.45, 2.75) is 6.54 Å². The van der Waals surface area contributed by atoms with E-state index in [1.807, 2.05) is 6.07 Å². The first kappa shape index (κ1) is 20.3. The van der Waals surface area contributed by atoms with Crippen molar-refractivity contribution in [3.8, 4) is 11.5 Å². The molecule has 0 aliphatic rings. The molecule has 0 saturated heterocycles. The SMILES string of the molecule is CS(=O)(=O)N(Cc1ccccc1)c1ccc([N+](=O)[O-])cc1Oc1ccc([18F])cc1. The van der Waals surface area contributed by atoms with Crippen molar-refractivity contribution >= 4 is 21.4 Å². The van der Waals surface area contributed by atoms with Crippen LogP contribution < -0.4 is 9.04 Å². The van der Waals surface area contributed by atoms with Gasteiger partial charge in [0.2, 0.25) is 10.0 Å². The number of anilines is 1. The Bertz CT molecular complexity index is 1120. The number of hydrogen-bond acceptors (Lipinski definition) is 5. The molecule has 0 bridgehead atoms. The van der Waals surface area contributed by atoms with Crippen LogP contribution in [0.1, 0.15) is 5.56 Å². The van der Waals surface area contributed by atoms with Crippen LogP contribution in [0.5, 0.6) is 11.5 Å². The fourth-order valence-corrected chi connectivity index (χ4v) is 3.56. The molecule has 0 aliphatic heterocycles. The number of benzene rings is 3. The molecule has 3 rings (SSSR count). The van der Waals surface area contributed by atoms with Crippen LogP contribution in [-0.4, -0.2) is 19.6 Å². The molecule has 9 heteroatoms. The monoisotopic (exact) mass is 415 g/mol. The molecular weight excluding hydrogens is 398 g/mol. The lowest BCUT2D eigenvalue weighted by molar-refractivity contribution is -0.384. The number of nitro benzene ring substituents is 1. The molecule has 7 nitrogen and oxygen atoms in total. The number of halogens is 1. The van der Waals surface area contributed by atoms with Crippen molar-refractivity contribution < 1.29 is 22.5 Å². The lowest BCUT2D eigenvalue weighted by Gasteiger charge is -2.24. The normalized spacial score (nSPS) is 11.1. The number of nitro groups is 1. The Morgan fingerprint density at radius 1 is 1.03 bits per heavy atom. The predicted molar refractivity (Wildman–Crippen MR) is 107 cm³/mol. The van der Waals surface area contributed by atoms with Crippen LogP contribution in [0.4, 0.5) is 15.8 Å². The third-order valence-corrected chi connectivity index (χ3v) is 5.16. The highest BCUT2D eigenvalue weighted by atomic mass is 32.2. The number of hydrogen-bond donors (Lipinski definition) is 0. The van der Waals surface area contributed by atoms with E-state index in [0.717, 1.165) is 22.2 Å². The Morgan fingerprint density at radius 3 is 2.28 bits per heavy atom. The zero-order chi connectivity index (χ0) is 21.0. The highest BCUT2D eigenvalue weighted by Crippen LogP contribution is 2.37. The van der Waals surface area contributed by atoms with Crippen LogP contribution in [0.3, 0.4) is 0 Å². The number of ether oxygens (including phenoxy) is 1. The molecule has 3 aromatic carbocycles. The fraction of sp³-hybridized carbons (Fsp3) is 0.100. The number of sulfonamides is 1. The molecule has 0 saturated carbocycles. The number of rotatable bonds is 7. The molecule has 0 fully saturated rings. The Morgan fingerprint density at radius 2 is 1.69 bits per heavy atom. The minimum absolute atomic E-state index is 0.0112. The van der Waals surface area contributed by atoms with Crippen molar-refractivity contribution in [3.05, 3.63) is 94.3 Å². The van der Waals surface area contributed by atoms with Gasteiger partial charge in [0.25, 0.3) is 5.69 Å². The van der Waals surface area contributed by atoms with Gasteiger partial charge in [-0.2, -0.15) is 0 Å². The number of nitrogens with zero attached hydrogens (tertiary/aromatic N) is 2. The fourth-order valence-electron chi connectivity index (χ4n) is 2.66. The molecule has 0 N–H and O–H groups in total. The van der Waals surface area contributed by atoms with E-state index in [1.165, 1.54) is 36.4 Å². The Balaban J connectivity index is 2.08. The first-order valence-corrected chi connectivity index (χ1v) is 10.3. The van der Waals surface area contributed by atoms with Crippen LogP contribution in [0, 0.1) is 15.9 Å². The third kappa shape index (κ3) is 5.08. The summed E-state index contributed by atoms with van der Waals surface area (Å²) in [5.74, 6) is -0.299. The van der Waals surface area contributed by atoms with Gasteiger partial charge in [0.1, 0.15) is 11.6 Å². The Labute approximate surface area is 167 Å². The molecule has 0 amide bonds. The van der Waals surface area contributed by atoms with Gasteiger partial charge in [-0.15, -0.1) is 0 Å². The van der Waals surface area contributed by atoms with Gasteiger partial charge < -0.3 is 4.74 Å². The van der Waals surface area contributed by atoms with Crippen LogP contribution in [0.25, 0.3) is 0 Å². The Kier molecular flexibility index (Phi) is 5.79. The molecule has 150 valence electrons. The van der Waals surface area contributed by atoms with E-state index in [0.29, 0.717) is 0 Å². The summed E-state index contributed by atoms with van der Waals surface area (Å²) in [4.78, 5) is 10.6. The molecule has 0 aromatic heterocycles. The van der Waals surface area contributed by atoms with Gasteiger partial charge in [-0.1, -0.05) is 30.3 Å². The van der Waals surface area contributed by atoms with Gasteiger partial charge in [0.15, 0.2) is 5.75 Å².